The first-order chi connectivity index (χ1) is 16.1. The van der Waals surface area contributed by atoms with Crippen molar-refractivity contribution < 1.29 is 24.9 Å². The second-order valence-corrected chi connectivity index (χ2v) is 14.5. The average Bonchev–Trinajstić information content (AvgIpc) is 2.77. The van der Waals surface area contributed by atoms with Crippen LogP contribution in [0.25, 0.3) is 0 Å². The SMILES string of the molecule is C[C@H]1[C@H](C)C(=O)C[C@]2(C(=O)O)CC[C@]3(C)C(=CC[C@@H]4[C@@]5(C)[C@H](O)C[C@H](O)C(C)(C)[C@@H]5CC[C@]43C)[C@H]12. The van der Waals surface area contributed by atoms with Crippen molar-refractivity contribution in [3.05, 3.63) is 11.6 Å². The van der Waals surface area contributed by atoms with E-state index in [2.05, 4.69) is 47.6 Å². The molecule has 0 amide bonds. The molecule has 3 N–H and O–H groups in total. The van der Waals surface area contributed by atoms with Crippen molar-refractivity contribution in [3.63, 3.8) is 0 Å². The van der Waals surface area contributed by atoms with Crippen LogP contribution in [0.2, 0.25) is 0 Å². The van der Waals surface area contributed by atoms with Gasteiger partial charge in [0.1, 0.15) is 5.78 Å². The minimum Gasteiger partial charge on any atom is -0.481 e. The van der Waals surface area contributed by atoms with E-state index in [9.17, 15) is 24.9 Å². The lowest BCUT2D eigenvalue weighted by Crippen LogP contribution is -2.68. The summed E-state index contributed by atoms with van der Waals surface area (Å²) in [5.41, 5.74) is -0.501. The van der Waals surface area contributed by atoms with Crippen molar-refractivity contribution in [2.24, 2.45) is 56.7 Å². The molecule has 0 saturated heterocycles. The fourth-order valence-corrected chi connectivity index (χ4v) is 10.7. The Kier molecular flexibility index (Phi) is 5.40. The Morgan fingerprint density at radius 3 is 2.26 bits per heavy atom. The molecule has 4 fully saturated rings. The Bertz CT molecular complexity index is 983. The third kappa shape index (κ3) is 2.83. The minimum atomic E-state index is -0.991. The zero-order chi connectivity index (χ0) is 25.9. The van der Waals surface area contributed by atoms with E-state index < -0.39 is 23.6 Å². The summed E-state index contributed by atoms with van der Waals surface area (Å²) < 4.78 is 0. The number of hydrogen-bond donors (Lipinski definition) is 3. The number of hydrogen-bond acceptors (Lipinski definition) is 4. The Hall–Kier alpha value is -1.20. The van der Waals surface area contributed by atoms with Crippen LogP contribution in [0.5, 0.6) is 0 Å². The smallest absolute Gasteiger partial charge is 0.310 e. The van der Waals surface area contributed by atoms with E-state index in [0.717, 1.165) is 25.7 Å². The van der Waals surface area contributed by atoms with Crippen LogP contribution < -0.4 is 0 Å². The monoisotopic (exact) mass is 486 g/mol. The fraction of sp³-hybridized carbons (Fsp3) is 0.867. The van der Waals surface area contributed by atoms with Gasteiger partial charge in [-0.05, 0) is 66.1 Å². The number of Topliss-reactive ketones (excluding diaryl/α,β-unsaturated/α-hetero) is 1. The molecule has 5 nitrogen and oxygen atoms in total. The second-order valence-electron chi connectivity index (χ2n) is 14.5. The average molecular weight is 487 g/mol. The highest BCUT2D eigenvalue weighted by atomic mass is 16.4. The molecular weight excluding hydrogens is 440 g/mol. The van der Waals surface area contributed by atoms with Gasteiger partial charge in [0, 0.05) is 30.1 Å². The number of aliphatic hydroxyl groups is 2. The van der Waals surface area contributed by atoms with Crippen molar-refractivity contribution in [3.8, 4) is 0 Å². The lowest BCUT2D eigenvalue weighted by atomic mass is 9.33. The van der Waals surface area contributed by atoms with Gasteiger partial charge in [-0.25, -0.2) is 0 Å². The van der Waals surface area contributed by atoms with Crippen molar-refractivity contribution in [1.29, 1.82) is 0 Å². The summed E-state index contributed by atoms with van der Waals surface area (Å²) in [5.74, 6) is -0.461. The molecule has 0 unspecified atom stereocenters. The molecule has 0 bridgehead atoms. The van der Waals surface area contributed by atoms with Gasteiger partial charge in [-0.15, -0.1) is 0 Å². The zero-order valence-corrected chi connectivity index (χ0v) is 22.7. The highest BCUT2D eigenvalue weighted by Gasteiger charge is 2.71. The lowest BCUT2D eigenvalue weighted by molar-refractivity contribution is -0.244. The van der Waals surface area contributed by atoms with Crippen LogP contribution >= 0.6 is 0 Å². The number of allylic oxidation sites excluding steroid dienone is 2. The molecule has 0 aliphatic heterocycles. The van der Waals surface area contributed by atoms with E-state index in [0.29, 0.717) is 12.8 Å². The van der Waals surface area contributed by atoms with Crippen LogP contribution in [-0.4, -0.2) is 39.3 Å². The predicted octanol–water partition coefficient (Wildman–Crippen LogP) is 5.24. The van der Waals surface area contributed by atoms with Gasteiger partial charge in [0.05, 0.1) is 17.6 Å². The molecule has 5 rings (SSSR count). The molecule has 5 aliphatic rings. The largest absolute Gasteiger partial charge is 0.481 e. The fourth-order valence-electron chi connectivity index (χ4n) is 10.7. The maximum atomic E-state index is 12.9. The molecule has 0 radical (unpaired) electrons. The summed E-state index contributed by atoms with van der Waals surface area (Å²) in [7, 11) is 0. The third-order valence-electron chi connectivity index (χ3n) is 13.4. The van der Waals surface area contributed by atoms with Crippen LogP contribution in [0.15, 0.2) is 11.6 Å². The summed E-state index contributed by atoms with van der Waals surface area (Å²) in [6.45, 7) is 15.5. The Balaban J connectivity index is 1.64. The number of fused-ring (bicyclic) bond motifs is 7. The molecule has 0 aromatic heterocycles. The van der Waals surface area contributed by atoms with Gasteiger partial charge in [0.15, 0.2) is 0 Å². The van der Waals surface area contributed by atoms with Crippen LogP contribution in [0.1, 0.15) is 93.4 Å². The Morgan fingerprint density at radius 2 is 1.63 bits per heavy atom. The molecule has 196 valence electrons. The van der Waals surface area contributed by atoms with E-state index in [1.165, 1.54) is 5.57 Å². The van der Waals surface area contributed by atoms with Gasteiger partial charge in [-0.3, -0.25) is 9.59 Å². The van der Waals surface area contributed by atoms with E-state index in [1.54, 1.807) is 0 Å². The van der Waals surface area contributed by atoms with Gasteiger partial charge in [0.2, 0.25) is 0 Å². The predicted molar refractivity (Wildman–Crippen MR) is 134 cm³/mol. The van der Waals surface area contributed by atoms with Crippen molar-refractivity contribution >= 4 is 11.8 Å². The van der Waals surface area contributed by atoms with Gasteiger partial charge >= 0.3 is 5.97 Å². The molecule has 0 heterocycles. The van der Waals surface area contributed by atoms with Crippen LogP contribution in [0.4, 0.5) is 0 Å². The van der Waals surface area contributed by atoms with E-state index in [1.807, 2.05) is 6.92 Å². The first-order valence-electron chi connectivity index (χ1n) is 13.9. The molecular formula is C30H46O5. The third-order valence-corrected chi connectivity index (χ3v) is 13.4. The lowest BCUT2D eigenvalue weighted by Gasteiger charge is -2.71. The number of carboxylic acid groups (broad SMARTS) is 1. The van der Waals surface area contributed by atoms with E-state index in [-0.39, 0.29) is 63.5 Å². The first kappa shape index (κ1) is 25.4. The zero-order valence-electron chi connectivity index (χ0n) is 22.7. The molecule has 0 aromatic carbocycles. The highest BCUT2D eigenvalue weighted by Crippen LogP contribution is 2.75. The maximum absolute atomic E-state index is 12.9. The van der Waals surface area contributed by atoms with Gasteiger partial charge in [-0.2, -0.15) is 0 Å². The number of carbonyl (C=O) groups is 2. The quantitative estimate of drug-likeness (QED) is 0.441. The summed E-state index contributed by atoms with van der Waals surface area (Å²) >= 11 is 0. The van der Waals surface area contributed by atoms with Crippen LogP contribution in [0.3, 0.4) is 0 Å². The number of aliphatic carboxylic acids is 1. The summed E-state index contributed by atoms with van der Waals surface area (Å²) in [5, 5.41) is 32.9. The van der Waals surface area contributed by atoms with Crippen molar-refractivity contribution in [2.45, 2.75) is 106 Å². The summed E-state index contributed by atoms with van der Waals surface area (Å²) in [4.78, 5) is 25.7. The van der Waals surface area contributed by atoms with Crippen molar-refractivity contribution in [2.75, 3.05) is 0 Å². The molecule has 5 heteroatoms. The molecule has 0 aromatic rings. The van der Waals surface area contributed by atoms with E-state index in [4.69, 9.17) is 0 Å². The number of rotatable bonds is 1. The standard InChI is InChI=1S/C30H46O5/c1-16-17(2)24-18-8-9-21-28(6,27(18,5)12-13-30(24,25(34)35)15-19(16)31)11-10-20-26(3,4)22(32)14-23(33)29(20,21)7/h8,16-17,20-24,32-33H,9-15H2,1-7H3,(H,34,35)/t16-,17-,20-,21-,22-,23+,24-,27+,28+,29-,30+/m0/s1. The van der Waals surface area contributed by atoms with Gasteiger partial charge in [-0.1, -0.05) is 60.1 Å². The molecule has 5 aliphatic carbocycles. The second kappa shape index (κ2) is 7.43. The number of ketones is 1. The summed E-state index contributed by atoms with van der Waals surface area (Å²) in [6, 6.07) is 0. The Labute approximate surface area is 210 Å². The first-order valence-corrected chi connectivity index (χ1v) is 13.9. The van der Waals surface area contributed by atoms with Crippen LogP contribution in [-0.2, 0) is 9.59 Å². The molecule has 4 saturated carbocycles. The number of aliphatic hydroxyl groups excluding tert-OH is 2. The topological polar surface area (TPSA) is 94.8 Å². The highest BCUT2D eigenvalue weighted by molar-refractivity contribution is 5.90. The van der Waals surface area contributed by atoms with Gasteiger partial charge in [0.25, 0.3) is 0 Å². The number of carbonyl (C=O) groups excluding carboxylic acids is 1. The minimum absolute atomic E-state index is 0.000322. The van der Waals surface area contributed by atoms with Crippen molar-refractivity contribution in [1.82, 2.24) is 0 Å². The summed E-state index contributed by atoms with van der Waals surface area (Å²) in [6.07, 6.45) is 5.99. The molecule has 35 heavy (non-hydrogen) atoms. The normalized spacial score (nSPS) is 55.1. The van der Waals surface area contributed by atoms with Gasteiger partial charge < -0.3 is 15.3 Å². The molecule has 0 spiro atoms. The molecule has 11 atom stereocenters. The van der Waals surface area contributed by atoms with E-state index >= 15 is 0 Å². The van der Waals surface area contributed by atoms with Crippen LogP contribution in [0, 0.1) is 56.7 Å². The maximum Gasteiger partial charge on any atom is 0.310 e. The Morgan fingerprint density at radius 1 is 0.971 bits per heavy atom. The number of carboxylic acids is 1.